The maximum absolute atomic E-state index is 13.6. The van der Waals surface area contributed by atoms with Crippen LogP contribution in [0.1, 0.15) is 56.9 Å². The summed E-state index contributed by atoms with van der Waals surface area (Å²) in [5.74, 6) is -0.0981. The second kappa shape index (κ2) is 9.97. The lowest BCUT2D eigenvalue weighted by molar-refractivity contribution is -0.132. The Balaban J connectivity index is 1.33. The van der Waals surface area contributed by atoms with Crippen LogP contribution in [0.3, 0.4) is 0 Å². The zero-order valence-corrected chi connectivity index (χ0v) is 20.1. The zero-order chi connectivity index (χ0) is 23.5. The Morgan fingerprint density at radius 2 is 1.79 bits per heavy atom. The van der Waals surface area contributed by atoms with Gasteiger partial charge in [0.05, 0.1) is 5.25 Å². The molecule has 180 valence electrons. The van der Waals surface area contributed by atoms with Gasteiger partial charge in [-0.15, -0.1) is 0 Å². The average Bonchev–Trinajstić information content (AvgIpc) is 2.82. The molecule has 2 aliphatic heterocycles. The van der Waals surface area contributed by atoms with Gasteiger partial charge in [-0.2, -0.15) is 4.31 Å². The van der Waals surface area contributed by atoms with E-state index in [1.54, 1.807) is 4.31 Å². The number of amides is 2. The summed E-state index contributed by atoms with van der Waals surface area (Å²) in [5.41, 5.74) is 0.778. The first kappa shape index (κ1) is 24.0. The highest BCUT2D eigenvalue weighted by molar-refractivity contribution is 7.89. The number of nitrogens with zero attached hydrogens (tertiary/aromatic N) is 2. The molecule has 1 atom stereocenters. The van der Waals surface area contributed by atoms with Crippen LogP contribution in [0.2, 0.25) is 0 Å². The van der Waals surface area contributed by atoms with Crippen LogP contribution in [-0.4, -0.2) is 65.9 Å². The smallest absolute Gasteiger partial charge is 0.243 e. The molecule has 8 heteroatoms. The number of likely N-dealkylation sites (tertiary alicyclic amines) is 1. The van der Waals surface area contributed by atoms with Gasteiger partial charge >= 0.3 is 0 Å². The Hall–Kier alpha value is -2.19. The Bertz CT molecular complexity index is 967. The fraction of sp³-hybridized carbons (Fsp3) is 0.600. The number of sulfonamides is 1. The molecule has 0 bridgehead atoms. The van der Waals surface area contributed by atoms with Crippen LogP contribution in [0, 0.1) is 0 Å². The number of carbonyl (C=O) groups is 2. The van der Waals surface area contributed by atoms with Gasteiger partial charge in [0.1, 0.15) is 0 Å². The van der Waals surface area contributed by atoms with Gasteiger partial charge in [-0.1, -0.05) is 36.9 Å². The van der Waals surface area contributed by atoms with E-state index < -0.39 is 15.3 Å². The first-order valence-corrected chi connectivity index (χ1v) is 13.6. The third-order valence-electron chi connectivity index (χ3n) is 7.65. The van der Waals surface area contributed by atoms with Crippen LogP contribution in [0.15, 0.2) is 43.0 Å². The average molecular weight is 474 g/mol. The lowest BCUT2D eigenvalue weighted by atomic mass is 9.70. The van der Waals surface area contributed by atoms with Crippen molar-refractivity contribution in [3.63, 3.8) is 0 Å². The highest BCUT2D eigenvalue weighted by Crippen LogP contribution is 2.47. The van der Waals surface area contributed by atoms with E-state index in [-0.39, 0.29) is 23.4 Å². The summed E-state index contributed by atoms with van der Waals surface area (Å²) in [6.45, 7) is 4.95. The maximum Gasteiger partial charge on any atom is 0.243 e. The van der Waals surface area contributed by atoms with Gasteiger partial charge in [-0.25, -0.2) is 8.42 Å². The Labute approximate surface area is 197 Å². The minimum Gasteiger partial charge on any atom is -0.350 e. The molecule has 3 aliphatic rings. The van der Waals surface area contributed by atoms with Gasteiger partial charge in [0, 0.05) is 37.6 Å². The van der Waals surface area contributed by atoms with Crippen molar-refractivity contribution in [1.82, 2.24) is 14.5 Å². The Morgan fingerprint density at radius 1 is 1.09 bits per heavy atom. The van der Waals surface area contributed by atoms with Crippen molar-refractivity contribution in [2.75, 3.05) is 19.6 Å². The predicted octanol–water partition coefficient (Wildman–Crippen LogP) is 2.63. The van der Waals surface area contributed by atoms with Crippen LogP contribution in [0.25, 0.3) is 0 Å². The number of hydrogen-bond acceptors (Lipinski definition) is 4. The maximum atomic E-state index is 13.6. The quantitative estimate of drug-likeness (QED) is 0.617. The van der Waals surface area contributed by atoms with Crippen molar-refractivity contribution >= 4 is 21.8 Å². The second-order valence-corrected chi connectivity index (χ2v) is 11.8. The summed E-state index contributed by atoms with van der Waals surface area (Å²) in [7, 11) is -3.45. The van der Waals surface area contributed by atoms with E-state index >= 15 is 0 Å². The fourth-order valence-electron chi connectivity index (χ4n) is 5.63. The van der Waals surface area contributed by atoms with Crippen molar-refractivity contribution in [3.05, 3.63) is 48.6 Å². The SMILES string of the molecule is C=CC(=O)NC1CCN(S(=O)(=O)C2CCN(C(=O)CCc3ccccc3)CC2)C2(CCC2)C1. The number of aryl methyl sites for hydroxylation is 1. The van der Waals surface area contributed by atoms with E-state index in [4.69, 9.17) is 0 Å². The van der Waals surface area contributed by atoms with E-state index in [2.05, 4.69) is 11.9 Å². The highest BCUT2D eigenvalue weighted by Gasteiger charge is 2.53. The molecule has 1 saturated carbocycles. The molecular formula is C25H35N3O4S. The van der Waals surface area contributed by atoms with Gasteiger partial charge in [0.2, 0.25) is 21.8 Å². The monoisotopic (exact) mass is 473 g/mol. The van der Waals surface area contributed by atoms with Crippen LogP contribution in [-0.2, 0) is 26.0 Å². The molecule has 0 radical (unpaired) electrons. The summed E-state index contributed by atoms with van der Waals surface area (Å²) in [5, 5.41) is 2.53. The number of hydrogen-bond donors (Lipinski definition) is 1. The molecule has 4 rings (SSSR count). The summed E-state index contributed by atoms with van der Waals surface area (Å²) in [6, 6.07) is 9.95. The third-order valence-corrected chi connectivity index (χ3v) is 10.1. The van der Waals surface area contributed by atoms with Crippen molar-refractivity contribution < 1.29 is 18.0 Å². The van der Waals surface area contributed by atoms with Crippen LogP contribution >= 0.6 is 0 Å². The van der Waals surface area contributed by atoms with Crippen molar-refractivity contribution in [2.24, 2.45) is 0 Å². The van der Waals surface area contributed by atoms with Gasteiger partial charge in [-0.3, -0.25) is 9.59 Å². The minimum atomic E-state index is -3.45. The molecule has 7 nitrogen and oxygen atoms in total. The lowest BCUT2D eigenvalue weighted by Crippen LogP contribution is -2.64. The number of benzene rings is 1. The zero-order valence-electron chi connectivity index (χ0n) is 19.2. The fourth-order valence-corrected chi connectivity index (χ4v) is 7.95. The topological polar surface area (TPSA) is 86.8 Å². The summed E-state index contributed by atoms with van der Waals surface area (Å²) in [6.07, 6.45) is 7.42. The minimum absolute atomic E-state index is 0.00802. The second-order valence-electron chi connectivity index (χ2n) is 9.66. The number of carbonyl (C=O) groups excluding carboxylic acids is 2. The summed E-state index contributed by atoms with van der Waals surface area (Å²) >= 11 is 0. The Morgan fingerprint density at radius 3 is 2.39 bits per heavy atom. The van der Waals surface area contributed by atoms with Gasteiger partial charge in [-0.05, 0) is 63.0 Å². The van der Waals surface area contributed by atoms with E-state index in [0.717, 1.165) is 24.8 Å². The van der Waals surface area contributed by atoms with Gasteiger partial charge in [0.15, 0.2) is 0 Å². The first-order chi connectivity index (χ1) is 15.8. The molecule has 2 saturated heterocycles. The standard InChI is InChI=1S/C25H35N3O4S/c1-2-23(29)26-21-11-18-28(25(19-21)14-6-15-25)33(31,32)22-12-16-27(17-13-22)24(30)10-9-20-7-4-3-5-8-20/h2-5,7-8,21-22H,1,6,9-19H2,(H,26,29). The molecule has 33 heavy (non-hydrogen) atoms. The molecule has 1 unspecified atom stereocenters. The number of piperidine rings is 2. The third kappa shape index (κ3) is 5.17. The number of rotatable bonds is 7. The highest BCUT2D eigenvalue weighted by atomic mass is 32.2. The molecule has 1 aromatic carbocycles. The normalized spacial score (nSPS) is 23.6. The molecular weight excluding hydrogens is 438 g/mol. The van der Waals surface area contributed by atoms with E-state index in [9.17, 15) is 18.0 Å². The van der Waals surface area contributed by atoms with Crippen molar-refractivity contribution in [1.29, 1.82) is 0 Å². The van der Waals surface area contributed by atoms with E-state index in [0.29, 0.717) is 58.2 Å². The van der Waals surface area contributed by atoms with Gasteiger partial charge in [0.25, 0.3) is 0 Å². The van der Waals surface area contributed by atoms with Crippen LogP contribution < -0.4 is 5.32 Å². The molecule has 1 spiro atoms. The van der Waals surface area contributed by atoms with Crippen molar-refractivity contribution in [2.45, 2.75) is 74.6 Å². The molecule has 2 heterocycles. The molecule has 1 aliphatic carbocycles. The molecule has 0 aromatic heterocycles. The van der Waals surface area contributed by atoms with Gasteiger partial charge < -0.3 is 10.2 Å². The van der Waals surface area contributed by atoms with Crippen LogP contribution in [0.5, 0.6) is 0 Å². The van der Waals surface area contributed by atoms with Crippen LogP contribution in [0.4, 0.5) is 0 Å². The summed E-state index contributed by atoms with van der Waals surface area (Å²) in [4.78, 5) is 26.2. The molecule has 1 aromatic rings. The first-order valence-electron chi connectivity index (χ1n) is 12.1. The molecule has 1 N–H and O–H groups in total. The molecule has 2 amide bonds. The Kier molecular flexibility index (Phi) is 7.24. The predicted molar refractivity (Wildman–Crippen MR) is 128 cm³/mol. The lowest BCUT2D eigenvalue weighted by Gasteiger charge is -2.55. The van der Waals surface area contributed by atoms with E-state index in [1.165, 1.54) is 6.08 Å². The summed E-state index contributed by atoms with van der Waals surface area (Å²) < 4.78 is 29.0. The molecule has 3 fully saturated rings. The van der Waals surface area contributed by atoms with Crippen molar-refractivity contribution in [3.8, 4) is 0 Å². The largest absolute Gasteiger partial charge is 0.350 e. The number of nitrogens with one attached hydrogen (secondary N) is 1. The van der Waals surface area contributed by atoms with E-state index in [1.807, 2.05) is 35.2 Å².